The molecular weight excluding hydrogens is 456 g/mol. The topological polar surface area (TPSA) is 94.9 Å². The van der Waals surface area contributed by atoms with Crippen LogP contribution in [0.3, 0.4) is 0 Å². The monoisotopic (exact) mass is 490 g/mol. The van der Waals surface area contributed by atoms with Crippen LogP contribution >= 0.6 is 0 Å². The molecular formula is C25H34N2O6S. The lowest BCUT2D eigenvalue weighted by Crippen LogP contribution is -2.42. The maximum absolute atomic E-state index is 13.4. The lowest BCUT2D eigenvalue weighted by atomic mass is 10.1. The fraction of sp³-hybridized carbons (Fsp3) is 0.520. The number of esters is 1. The third-order valence-corrected chi connectivity index (χ3v) is 8.40. The number of sulfonamides is 1. The van der Waals surface area contributed by atoms with Gasteiger partial charge in [-0.25, -0.2) is 13.2 Å². The number of methoxy groups -OCH3 is 1. The van der Waals surface area contributed by atoms with Crippen LogP contribution in [0.25, 0.3) is 0 Å². The Hall–Kier alpha value is -2.65. The summed E-state index contributed by atoms with van der Waals surface area (Å²) in [6.45, 7) is 9.73. The van der Waals surface area contributed by atoms with E-state index in [1.54, 1.807) is 6.07 Å². The Morgan fingerprint density at radius 2 is 1.85 bits per heavy atom. The molecule has 0 amide bonds. The van der Waals surface area contributed by atoms with Gasteiger partial charge in [0.05, 0.1) is 12.7 Å². The van der Waals surface area contributed by atoms with Crippen molar-refractivity contribution in [2.75, 3.05) is 20.3 Å². The van der Waals surface area contributed by atoms with Crippen LogP contribution < -0.4 is 4.74 Å². The average molecular weight is 491 g/mol. The Morgan fingerprint density at radius 1 is 1.15 bits per heavy atom. The van der Waals surface area contributed by atoms with Crippen LogP contribution in [-0.2, 0) is 14.8 Å². The van der Waals surface area contributed by atoms with Crippen molar-refractivity contribution in [1.82, 2.24) is 8.87 Å². The van der Waals surface area contributed by atoms with E-state index in [4.69, 9.17) is 9.47 Å². The molecule has 2 aromatic rings. The SMILES string of the molecule is COc1ccc(C(=O)OCC(=O)c2cc(C)n(C(C)C)c2C)cc1S(=O)(=O)N1CCCCC1C. The van der Waals surface area contributed by atoms with Gasteiger partial charge in [-0.15, -0.1) is 0 Å². The average Bonchev–Trinajstić information content (AvgIpc) is 3.10. The molecule has 34 heavy (non-hydrogen) atoms. The molecule has 1 unspecified atom stereocenters. The molecule has 1 atom stereocenters. The van der Waals surface area contributed by atoms with Gasteiger partial charge >= 0.3 is 5.97 Å². The van der Waals surface area contributed by atoms with Crippen molar-refractivity contribution in [1.29, 1.82) is 0 Å². The van der Waals surface area contributed by atoms with Crippen LogP contribution in [0.5, 0.6) is 5.75 Å². The molecule has 1 fully saturated rings. The zero-order valence-corrected chi connectivity index (χ0v) is 21.6. The van der Waals surface area contributed by atoms with Gasteiger partial charge in [-0.3, -0.25) is 4.79 Å². The third kappa shape index (κ3) is 5.05. The number of nitrogens with zero attached hydrogens (tertiary/aromatic N) is 2. The summed E-state index contributed by atoms with van der Waals surface area (Å²) in [4.78, 5) is 25.4. The molecule has 186 valence electrons. The van der Waals surface area contributed by atoms with Crippen LogP contribution in [0.15, 0.2) is 29.2 Å². The maximum atomic E-state index is 13.4. The van der Waals surface area contributed by atoms with E-state index in [2.05, 4.69) is 4.57 Å². The van der Waals surface area contributed by atoms with Gasteiger partial charge < -0.3 is 14.0 Å². The second kappa shape index (κ2) is 10.3. The van der Waals surface area contributed by atoms with Crippen molar-refractivity contribution in [2.45, 2.75) is 70.9 Å². The van der Waals surface area contributed by atoms with Gasteiger partial charge in [-0.2, -0.15) is 4.31 Å². The van der Waals surface area contributed by atoms with E-state index in [0.29, 0.717) is 12.1 Å². The smallest absolute Gasteiger partial charge is 0.338 e. The van der Waals surface area contributed by atoms with Crippen LogP contribution in [0.2, 0.25) is 0 Å². The lowest BCUT2D eigenvalue weighted by molar-refractivity contribution is 0.0474. The molecule has 2 heterocycles. The molecule has 1 aliphatic rings. The fourth-order valence-corrected chi connectivity index (χ4v) is 6.59. The minimum Gasteiger partial charge on any atom is -0.495 e. The molecule has 1 aromatic heterocycles. The van der Waals surface area contributed by atoms with Gasteiger partial charge in [0.15, 0.2) is 6.61 Å². The molecule has 1 aliphatic heterocycles. The van der Waals surface area contributed by atoms with Gasteiger partial charge in [0.1, 0.15) is 10.6 Å². The molecule has 0 N–H and O–H groups in total. The molecule has 0 bridgehead atoms. The van der Waals surface area contributed by atoms with Gasteiger partial charge in [-0.1, -0.05) is 6.42 Å². The number of aryl methyl sites for hydroxylation is 1. The first-order valence-electron chi connectivity index (χ1n) is 11.6. The number of aromatic nitrogens is 1. The van der Waals surface area contributed by atoms with E-state index in [-0.39, 0.29) is 34.1 Å². The van der Waals surface area contributed by atoms with E-state index >= 15 is 0 Å². The Balaban J connectivity index is 1.81. The molecule has 0 saturated carbocycles. The summed E-state index contributed by atoms with van der Waals surface area (Å²) in [6.07, 6.45) is 2.54. The van der Waals surface area contributed by atoms with Gasteiger partial charge in [0.25, 0.3) is 0 Å². The van der Waals surface area contributed by atoms with E-state index in [9.17, 15) is 18.0 Å². The fourth-order valence-electron chi connectivity index (χ4n) is 4.71. The minimum atomic E-state index is -3.87. The number of ketones is 1. The number of hydrogen-bond acceptors (Lipinski definition) is 6. The Labute approximate surface area is 201 Å². The highest BCUT2D eigenvalue weighted by Gasteiger charge is 2.34. The quantitative estimate of drug-likeness (QED) is 0.405. The van der Waals surface area contributed by atoms with Crippen LogP contribution in [0, 0.1) is 13.8 Å². The van der Waals surface area contributed by atoms with Crippen molar-refractivity contribution in [3.8, 4) is 5.75 Å². The highest BCUT2D eigenvalue weighted by Crippen LogP contribution is 2.32. The second-order valence-corrected chi connectivity index (χ2v) is 10.9. The predicted molar refractivity (Wildman–Crippen MR) is 129 cm³/mol. The largest absolute Gasteiger partial charge is 0.495 e. The van der Waals surface area contributed by atoms with E-state index in [0.717, 1.165) is 30.7 Å². The molecule has 8 nitrogen and oxygen atoms in total. The van der Waals surface area contributed by atoms with Gasteiger partial charge in [0.2, 0.25) is 15.8 Å². The molecule has 1 saturated heterocycles. The highest BCUT2D eigenvalue weighted by molar-refractivity contribution is 7.89. The number of benzene rings is 1. The molecule has 1 aromatic carbocycles. The first-order valence-corrected chi connectivity index (χ1v) is 13.0. The van der Waals surface area contributed by atoms with Crippen LogP contribution in [-0.4, -0.2) is 55.3 Å². The highest BCUT2D eigenvalue weighted by atomic mass is 32.2. The van der Waals surface area contributed by atoms with Crippen LogP contribution in [0.1, 0.15) is 78.2 Å². The lowest BCUT2D eigenvalue weighted by Gasteiger charge is -2.32. The Kier molecular flexibility index (Phi) is 7.88. The number of carbonyl (C=O) groups is 2. The van der Waals surface area contributed by atoms with Crippen molar-refractivity contribution in [2.24, 2.45) is 0 Å². The number of carbonyl (C=O) groups excluding carboxylic acids is 2. The second-order valence-electron chi connectivity index (χ2n) is 9.07. The summed E-state index contributed by atoms with van der Waals surface area (Å²) in [5.41, 5.74) is 2.33. The summed E-state index contributed by atoms with van der Waals surface area (Å²) in [7, 11) is -2.48. The normalized spacial score (nSPS) is 17.1. The molecule has 0 aliphatic carbocycles. The summed E-state index contributed by atoms with van der Waals surface area (Å²) < 4.78 is 40.8. The van der Waals surface area contributed by atoms with Gasteiger partial charge in [-0.05, 0) is 71.7 Å². The van der Waals surface area contributed by atoms with E-state index in [1.807, 2.05) is 34.6 Å². The third-order valence-electron chi connectivity index (χ3n) is 6.36. The summed E-state index contributed by atoms with van der Waals surface area (Å²) >= 11 is 0. The van der Waals surface area contributed by atoms with Crippen molar-refractivity contribution < 1.29 is 27.5 Å². The maximum Gasteiger partial charge on any atom is 0.338 e. The Morgan fingerprint density at radius 3 is 2.44 bits per heavy atom. The van der Waals surface area contributed by atoms with Crippen molar-refractivity contribution >= 4 is 21.8 Å². The number of rotatable bonds is 8. The number of Topliss-reactive ketones (excluding diaryl/α,β-unsaturated/α-hetero) is 1. The number of hydrogen-bond donors (Lipinski definition) is 0. The van der Waals surface area contributed by atoms with Crippen molar-refractivity contribution in [3.63, 3.8) is 0 Å². The molecule has 9 heteroatoms. The summed E-state index contributed by atoms with van der Waals surface area (Å²) in [5, 5.41) is 0. The first-order chi connectivity index (χ1) is 16.0. The standard InChI is InChI=1S/C25H34N2O6S/c1-16(2)27-18(4)13-21(19(27)5)22(28)15-33-25(29)20-10-11-23(32-6)24(14-20)34(30,31)26-12-8-7-9-17(26)3/h10-11,13-14,16-17H,7-9,12,15H2,1-6H3. The molecule has 0 spiro atoms. The van der Waals surface area contributed by atoms with Crippen molar-refractivity contribution in [3.05, 3.63) is 46.8 Å². The minimum absolute atomic E-state index is 0.0458. The number of piperidine rings is 1. The zero-order valence-electron chi connectivity index (χ0n) is 20.8. The van der Waals surface area contributed by atoms with Gasteiger partial charge in [0, 0.05) is 35.6 Å². The molecule has 0 radical (unpaired) electrons. The summed E-state index contributed by atoms with van der Waals surface area (Å²) in [6, 6.07) is 6.01. The first kappa shape index (κ1) is 26.0. The van der Waals surface area contributed by atoms with E-state index < -0.39 is 22.6 Å². The predicted octanol–water partition coefficient (Wildman–Crippen LogP) is 4.30. The zero-order chi connectivity index (χ0) is 25.2. The molecule has 3 rings (SSSR count). The summed E-state index contributed by atoms with van der Waals surface area (Å²) in [5.74, 6) is -0.916. The van der Waals surface area contributed by atoms with E-state index in [1.165, 1.54) is 29.6 Å². The number of ether oxygens (including phenoxy) is 2. The van der Waals surface area contributed by atoms with Crippen LogP contribution in [0.4, 0.5) is 0 Å². The Bertz CT molecular complexity index is 1180.